The molecule has 0 aliphatic rings. The molecule has 0 spiro atoms. The van der Waals surface area contributed by atoms with E-state index in [1.165, 1.54) is 42.5 Å². The summed E-state index contributed by atoms with van der Waals surface area (Å²) in [5, 5.41) is 8.65. The molecule has 1 N–H and O–H groups in total. The van der Waals surface area contributed by atoms with Gasteiger partial charge in [-0.1, -0.05) is 17.7 Å². The van der Waals surface area contributed by atoms with Gasteiger partial charge in [-0.2, -0.15) is 0 Å². The van der Waals surface area contributed by atoms with Crippen LogP contribution >= 0.6 is 11.6 Å². The van der Waals surface area contributed by atoms with E-state index in [0.29, 0.717) is 0 Å². The first kappa shape index (κ1) is 13.5. The van der Waals surface area contributed by atoms with E-state index in [9.17, 15) is 13.2 Å². The number of hydrogen-bond acceptors (Lipinski definition) is 4. The molecular weight excluding hydrogens is 290 g/mol. The maximum absolute atomic E-state index is 12.2. The van der Waals surface area contributed by atoms with Crippen molar-refractivity contribution >= 4 is 27.4 Å². The maximum atomic E-state index is 12.2. The largest absolute Gasteiger partial charge is 0.478 e. The molecule has 7 heteroatoms. The monoisotopic (exact) mass is 297 g/mol. The lowest BCUT2D eigenvalue weighted by molar-refractivity contribution is 0.0697. The zero-order valence-electron chi connectivity index (χ0n) is 9.45. The fraction of sp³-hybridized carbons (Fsp3) is 0. The number of sulfone groups is 1. The minimum Gasteiger partial charge on any atom is -0.478 e. The van der Waals surface area contributed by atoms with Gasteiger partial charge in [0.1, 0.15) is 5.15 Å². The highest BCUT2D eigenvalue weighted by molar-refractivity contribution is 7.91. The van der Waals surface area contributed by atoms with Crippen LogP contribution in [0.1, 0.15) is 10.4 Å². The van der Waals surface area contributed by atoms with Crippen molar-refractivity contribution in [2.75, 3.05) is 0 Å². The summed E-state index contributed by atoms with van der Waals surface area (Å²) in [6.45, 7) is 0. The van der Waals surface area contributed by atoms with E-state index in [-0.39, 0.29) is 20.6 Å². The zero-order valence-corrected chi connectivity index (χ0v) is 11.0. The van der Waals surface area contributed by atoms with E-state index in [4.69, 9.17) is 16.7 Å². The molecule has 0 radical (unpaired) electrons. The molecule has 0 saturated carbocycles. The van der Waals surface area contributed by atoms with Gasteiger partial charge in [0.15, 0.2) is 5.03 Å². The number of halogens is 1. The van der Waals surface area contributed by atoms with Crippen molar-refractivity contribution in [2.24, 2.45) is 0 Å². The lowest BCUT2D eigenvalue weighted by atomic mass is 10.2. The van der Waals surface area contributed by atoms with Gasteiger partial charge in [0.2, 0.25) is 9.84 Å². The van der Waals surface area contributed by atoms with Crippen LogP contribution in [0, 0.1) is 0 Å². The summed E-state index contributed by atoms with van der Waals surface area (Å²) in [5.74, 6) is -1.12. The Labute approximate surface area is 114 Å². The van der Waals surface area contributed by atoms with Crippen molar-refractivity contribution in [3.05, 3.63) is 53.2 Å². The Balaban J connectivity index is 2.48. The molecule has 5 nitrogen and oxygen atoms in total. The molecule has 2 rings (SSSR count). The summed E-state index contributed by atoms with van der Waals surface area (Å²) in [5.41, 5.74) is 0.0120. The molecule has 98 valence electrons. The SMILES string of the molecule is O=C(O)c1ccc(S(=O)(=O)c2cccc(Cl)n2)cc1. The van der Waals surface area contributed by atoms with Crippen molar-refractivity contribution < 1.29 is 18.3 Å². The van der Waals surface area contributed by atoms with Gasteiger partial charge in [0, 0.05) is 0 Å². The van der Waals surface area contributed by atoms with E-state index in [1.54, 1.807) is 0 Å². The van der Waals surface area contributed by atoms with Crippen molar-refractivity contribution in [1.82, 2.24) is 4.98 Å². The van der Waals surface area contributed by atoms with Crippen molar-refractivity contribution in [1.29, 1.82) is 0 Å². The topological polar surface area (TPSA) is 84.3 Å². The molecule has 0 bridgehead atoms. The number of aromatic carboxylic acids is 1. The van der Waals surface area contributed by atoms with Gasteiger partial charge in [-0.3, -0.25) is 0 Å². The molecule has 1 aromatic heterocycles. The van der Waals surface area contributed by atoms with Gasteiger partial charge >= 0.3 is 5.97 Å². The first-order chi connectivity index (χ1) is 8.91. The van der Waals surface area contributed by atoms with E-state index < -0.39 is 15.8 Å². The van der Waals surface area contributed by atoms with E-state index in [0.717, 1.165) is 0 Å². The third kappa shape index (κ3) is 2.74. The summed E-state index contributed by atoms with van der Waals surface area (Å²) in [6, 6.07) is 9.16. The number of rotatable bonds is 3. The molecule has 0 aliphatic heterocycles. The minimum atomic E-state index is -3.79. The average molecular weight is 298 g/mol. The van der Waals surface area contributed by atoms with Crippen LogP contribution in [0.25, 0.3) is 0 Å². The highest BCUT2D eigenvalue weighted by atomic mass is 35.5. The lowest BCUT2D eigenvalue weighted by Crippen LogP contribution is -2.05. The normalized spacial score (nSPS) is 11.2. The molecule has 19 heavy (non-hydrogen) atoms. The second-order valence-electron chi connectivity index (χ2n) is 3.63. The molecular formula is C12H8ClNO4S. The van der Waals surface area contributed by atoms with Crippen LogP contribution in [0.4, 0.5) is 0 Å². The number of hydrogen-bond donors (Lipinski definition) is 1. The highest BCUT2D eigenvalue weighted by Crippen LogP contribution is 2.20. The van der Waals surface area contributed by atoms with Crippen LogP contribution in [0.3, 0.4) is 0 Å². The highest BCUT2D eigenvalue weighted by Gasteiger charge is 2.19. The molecule has 2 aromatic rings. The summed E-state index contributed by atoms with van der Waals surface area (Å²) >= 11 is 5.65. The van der Waals surface area contributed by atoms with Crippen LogP contribution in [-0.4, -0.2) is 24.5 Å². The standard InChI is InChI=1S/C12H8ClNO4S/c13-10-2-1-3-11(14-10)19(17,18)9-6-4-8(5-7-9)12(15)16/h1-7H,(H,15,16). The smallest absolute Gasteiger partial charge is 0.335 e. The van der Waals surface area contributed by atoms with E-state index >= 15 is 0 Å². The Morgan fingerprint density at radius 2 is 1.74 bits per heavy atom. The summed E-state index contributed by atoms with van der Waals surface area (Å²) < 4.78 is 24.4. The van der Waals surface area contributed by atoms with Crippen LogP contribution < -0.4 is 0 Å². The van der Waals surface area contributed by atoms with Crippen molar-refractivity contribution in [2.45, 2.75) is 9.92 Å². The third-order valence-electron chi connectivity index (χ3n) is 2.38. The number of nitrogens with zero attached hydrogens (tertiary/aromatic N) is 1. The Bertz CT molecular complexity index is 726. The van der Waals surface area contributed by atoms with Gasteiger partial charge in [0.05, 0.1) is 10.5 Å². The van der Waals surface area contributed by atoms with Gasteiger partial charge in [0.25, 0.3) is 0 Å². The van der Waals surface area contributed by atoms with Crippen molar-refractivity contribution in [3.63, 3.8) is 0 Å². The quantitative estimate of drug-likeness (QED) is 0.879. The first-order valence-corrected chi connectivity index (χ1v) is 6.98. The second kappa shape index (κ2) is 4.99. The minimum absolute atomic E-state index is 0.0120. The number of carboxylic acid groups (broad SMARTS) is 1. The molecule has 1 aromatic carbocycles. The van der Waals surface area contributed by atoms with Gasteiger partial charge in [-0.15, -0.1) is 0 Å². The summed E-state index contributed by atoms with van der Waals surface area (Å²) in [7, 11) is -3.79. The van der Waals surface area contributed by atoms with Crippen LogP contribution in [0.5, 0.6) is 0 Å². The lowest BCUT2D eigenvalue weighted by Gasteiger charge is -2.04. The first-order valence-electron chi connectivity index (χ1n) is 5.12. The maximum Gasteiger partial charge on any atom is 0.335 e. The number of pyridine rings is 1. The predicted molar refractivity (Wildman–Crippen MR) is 68.1 cm³/mol. The van der Waals surface area contributed by atoms with Crippen molar-refractivity contribution in [3.8, 4) is 0 Å². The number of aromatic nitrogens is 1. The Hall–Kier alpha value is -1.92. The Kier molecular flexibility index (Phi) is 3.55. The van der Waals surface area contributed by atoms with Gasteiger partial charge in [-0.25, -0.2) is 18.2 Å². The molecule has 0 unspecified atom stereocenters. The fourth-order valence-electron chi connectivity index (χ4n) is 1.44. The number of benzene rings is 1. The second-order valence-corrected chi connectivity index (χ2v) is 5.92. The van der Waals surface area contributed by atoms with E-state index in [1.807, 2.05) is 0 Å². The molecule has 1 heterocycles. The molecule has 0 fully saturated rings. The molecule has 0 saturated heterocycles. The van der Waals surface area contributed by atoms with Gasteiger partial charge in [-0.05, 0) is 36.4 Å². The summed E-state index contributed by atoms with van der Waals surface area (Å²) in [4.78, 5) is 14.4. The zero-order chi connectivity index (χ0) is 14.0. The molecule has 0 atom stereocenters. The fourth-order valence-corrected chi connectivity index (χ4v) is 2.86. The Morgan fingerprint density at radius 3 is 2.26 bits per heavy atom. The number of carbonyl (C=O) groups is 1. The summed E-state index contributed by atoms with van der Waals surface area (Å²) in [6.07, 6.45) is 0. The predicted octanol–water partition coefficient (Wildman–Crippen LogP) is 2.27. The van der Waals surface area contributed by atoms with E-state index in [2.05, 4.69) is 4.98 Å². The van der Waals surface area contributed by atoms with Gasteiger partial charge < -0.3 is 5.11 Å². The average Bonchev–Trinajstić information content (AvgIpc) is 2.39. The Morgan fingerprint density at radius 1 is 1.11 bits per heavy atom. The van der Waals surface area contributed by atoms with Crippen LogP contribution in [0.2, 0.25) is 5.15 Å². The number of carboxylic acids is 1. The third-order valence-corrected chi connectivity index (χ3v) is 4.26. The van der Waals surface area contributed by atoms with Crippen LogP contribution in [-0.2, 0) is 9.84 Å². The molecule has 0 aliphatic carbocycles. The van der Waals surface area contributed by atoms with Crippen LogP contribution in [0.15, 0.2) is 52.4 Å². The molecule has 0 amide bonds.